The number of ether oxygens (including phenoxy) is 1. The molecular formula is C25H27ClFN5O2. The molecule has 178 valence electrons. The maximum absolute atomic E-state index is 15.0. The summed E-state index contributed by atoms with van der Waals surface area (Å²) in [5, 5.41) is 7.76. The lowest BCUT2D eigenvalue weighted by Crippen LogP contribution is -2.41. The van der Waals surface area contributed by atoms with Gasteiger partial charge in [0, 0.05) is 41.2 Å². The van der Waals surface area contributed by atoms with Crippen LogP contribution in [-0.4, -0.2) is 47.0 Å². The number of rotatable bonds is 7. The van der Waals surface area contributed by atoms with E-state index in [-0.39, 0.29) is 11.9 Å². The number of anilines is 3. The molecule has 1 fully saturated rings. The molecule has 7 nitrogen and oxygen atoms in total. The van der Waals surface area contributed by atoms with Crippen molar-refractivity contribution in [3.63, 3.8) is 0 Å². The van der Waals surface area contributed by atoms with Gasteiger partial charge >= 0.3 is 0 Å². The molecule has 3 aromatic rings. The second-order valence-corrected chi connectivity index (χ2v) is 8.51. The topological polar surface area (TPSA) is 79.4 Å². The van der Waals surface area contributed by atoms with Crippen LogP contribution in [0.1, 0.15) is 25.3 Å². The molecule has 1 aromatic heterocycles. The summed E-state index contributed by atoms with van der Waals surface area (Å²) in [7, 11) is 1.60. The van der Waals surface area contributed by atoms with E-state index in [1.165, 1.54) is 12.4 Å². The second-order valence-electron chi connectivity index (χ2n) is 8.11. The van der Waals surface area contributed by atoms with Crippen LogP contribution in [0.4, 0.5) is 21.6 Å². The Morgan fingerprint density at radius 2 is 2.06 bits per heavy atom. The van der Waals surface area contributed by atoms with Gasteiger partial charge in [-0.15, -0.1) is 0 Å². The second kappa shape index (κ2) is 10.3. The molecule has 2 aromatic carbocycles. The summed E-state index contributed by atoms with van der Waals surface area (Å²) in [6.07, 6.45) is 4.85. The summed E-state index contributed by atoms with van der Waals surface area (Å²) in [6.45, 7) is 6.73. The summed E-state index contributed by atoms with van der Waals surface area (Å²) in [5.74, 6) is 0.683. The van der Waals surface area contributed by atoms with E-state index in [1.807, 2.05) is 19.1 Å². The molecule has 1 amide bonds. The number of carbonyl (C=O) groups excluding carboxylic acids is 1. The predicted octanol–water partition coefficient (Wildman–Crippen LogP) is 5.33. The quantitative estimate of drug-likeness (QED) is 0.442. The van der Waals surface area contributed by atoms with E-state index >= 15 is 0 Å². The molecule has 0 aliphatic carbocycles. The van der Waals surface area contributed by atoms with E-state index in [9.17, 15) is 9.18 Å². The average Bonchev–Trinajstić information content (AvgIpc) is 2.86. The van der Waals surface area contributed by atoms with Crippen LogP contribution < -0.4 is 15.4 Å². The van der Waals surface area contributed by atoms with Crippen molar-refractivity contribution < 1.29 is 13.9 Å². The van der Waals surface area contributed by atoms with E-state index in [1.54, 1.807) is 24.1 Å². The summed E-state index contributed by atoms with van der Waals surface area (Å²) < 4.78 is 20.6. The Balaban J connectivity index is 1.63. The number of aromatic nitrogens is 2. The number of fused-ring (bicyclic) bond motifs is 1. The van der Waals surface area contributed by atoms with E-state index in [0.29, 0.717) is 52.9 Å². The van der Waals surface area contributed by atoms with Crippen molar-refractivity contribution in [2.24, 2.45) is 0 Å². The number of amides is 1. The Morgan fingerprint density at radius 3 is 2.74 bits per heavy atom. The lowest BCUT2D eigenvalue weighted by Gasteiger charge is -2.32. The number of halogens is 2. The Hall–Kier alpha value is -3.39. The van der Waals surface area contributed by atoms with Gasteiger partial charge in [-0.05, 0) is 43.5 Å². The van der Waals surface area contributed by atoms with Gasteiger partial charge in [0.1, 0.15) is 17.9 Å². The number of hydrogen-bond acceptors (Lipinski definition) is 6. The third-order valence-corrected chi connectivity index (χ3v) is 6.44. The van der Waals surface area contributed by atoms with Gasteiger partial charge in [-0.25, -0.2) is 14.4 Å². The highest BCUT2D eigenvalue weighted by Crippen LogP contribution is 2.35. The molecule has 0 bridgehead atoms. The molecule has 0 unspecified atom stereocenters. The molecule has 1 aliphatic heterocycles. The minimum absolute atomic E-state index is 0.0461. The lowest BCUT2D eigenvalue weighted by atomic mass is 10.0. The zero-order chi connectivity index (χ0) is 24.2. The summed E-state index contributed by atoms with van der Waals surface area (Å²) in [4.78, 5) is 22.4. The maximum Gasteiger partial charge on any atom is 0.245 e. The first-order valence-corrected chi connectivity index (χ1v) is 11.6. The van der Waals surface area contributed by atoms with Gasteiger partial charge in [-0.1, -0.05) is 25.1 Å². The Kier molecular flexibility index (Phi) is 7.17. The number of nitrogens with one attached hydrogen (secondary N) is 2. The van der Waals surface area contributed by atoms with Crippen LogP contribution in [0.5, 0.6) is 5.75 Å². The zero-order valence-corrected chi connectivity index (χ0v) is 20.0. The van der Waals surface area contributed by atoms with Crippen LogP contribution in [0.3, 0.4) is 0 Å². The fourth-order valence-electron chi connectivity index (χ4n) is 4.20. The van der Waals surface area contributed by atoms with Crippen molar-refractivity contribution in [1.82, 2.24) is 14.9 Å². The normalized spacial score (nSPS) is 14.2. The molecule has 9 heteroatoms. The molecule has 1 aliphatic rings. The van der Waals surface area contributed by atoms with Crippen molar-refractivity contribution in [2.45, 2.75) is 32.2 Å². The molecule has 2 heterocycles. The molecule has 0 atom stereocenters. The summed E-state index contributed by atoms with van der Waals surface area (Å²) >= 11 is 6.14. The number of piperidine rings is 1. The monoisotopic (exact) mass is 483 g/mol. The molecule has 2 N–H and O–H groups in total. The van der Waals surface area contributed by atoms with Crippen molar-refractivity contribution >= 4 is 45.6 Å². The minimum atomic E-state index is -0.394. The van der Waals surface area contributed by atoms with E-state index in [0.717, 1.165) is 23.9 Å². The largest absolute Gasteiger partial charge is 0.495 e. The van der Waals surface area contributed by atoms with Crippen molar-refractivity contribution in [3.8, 4) is 5.75 Å². The number of benzene rings is 2. The van der Waals surface area contributed by atoms with Crippen LogP contribution in [0.25, 0.3) is 10.9 Å². The Labute approximate surface area is 203 Å². The number of nitrogens with zero attached hydrogens (tertiary/aromatic N) is 3. The smallest absolute Gasteiger partial charge is 0.245 e. The highest BCUT2D eigenvalue weighted by atomic mass is 35.5. The fourth-order valence-corrected chi connectivity index (χ4v) is 4.48. The first-order valence-electron chi connectivity index (χ1n) is 11.2. The van der Waals surface area contributed by atoms with Gasteiger partial charge in [0.05, 0.1) is 24.0 Å². The fraction of sp³-hybridized carbons (Fsp3) is 0.320. The summed E-state index contributed by atoms with van der Waals surface area (Å²) in [5.41, 5.74) is 2.20. The maximum atomic E-state index is 15.0. The van der Waals surface area contributed by atoms with Crippen LogP contribution in [0, 0.1) is 5.82 Å². The van der Waals surface area contributed by atoms with Gasteiger partial charge in [-0.3, -0.25) is 4.79 Å². The van der Waals surface area contributed by atoms with Crippen LogP contribution in [-0.2, 0) is 11.2 Å². The third-order valence-electron chi connectivity index (χ3n) is 6.09. The van der Waals surface area contributed by atoms with Crippen molar-refractivity contribution in [2.75, 3.05) is 30.8 Å². The molecule has 34 heavy (non-hydrogen) atoms. The van der Waals surface area contributed by atoms with Crippen molar-refractivity contribution in [1.29, 1.82) is 0 Å². The first-order chi connectivity index (χ1) is 16.4. The van der Waals surface area contributed by atoms with Crippen molar-refractivity contribution in [3.05, 3.63) is 59.7 Å². The zero-order valence-electron chi connectivity index (χ0n) is 19.2. The number of methoxy groups -OCH3 is 1. The Bertz CT molecular complexity index is 1230. The van der Waals surface area contributed by atoms with E-state index in [4.69, 9.17) is 16.3 Å². The van der Waals surface area contributed by atoms with Gasteiger partial charge < -0.3 is 20.3 Å². The van der Waals surface area contributed by atoms with E-state index < -0.39 is 5.82 Å². The first kappa shape index (κ1) is 23.8. The van der Waals surface area contributed by atoms with Gasteiger partial charge in [0.15, 0.2) is 5.82 Å². The summed E-state index contributed by atoms with van der Waals surface area (Å²) in [6, 6.07) is 7.19. The molecule has 0 spiro atoms. The molecule has 0 radical (unpaired) electrons. The standard InChI is InChI=1S/C25H27ClFN5O2/c1-4-16-18(26)6-7-19(24(16)27)31-25-17-12-21(22(34-3)13-20(17)28-14-29-25)30-15-8-10-32(11-9-15)23(33)5-2/h5-7,12-15,30H,2,4,8-11H2,1,3H3,(H,28,29,31). The van der Waals surface area contributed by atoms with E-state index in [2.05, 4.69) is 27.2 Å². The molecule has 1 saturated heterocycles. The molecule has 4 rings (SSSR count). The molecular weight excluding hydrogens is 457 g/mol. The van der Waals surface area contributed by atoms with Crippen LogP contribution in [0.2, 0.25) is 5.02 Å². The third kappa shape index (κ3) is 4.77. The number of likely N-dealkylation sites (tertiary alicyclic amines) is 1. The number of hydrogen-bond donors (Lipinski definition) is 2. The van der Waals surface area contributed by atoms with Crippen LogP contribution in [0.15, 0.2) is 43.2 Å². The molecule has 0 saturated carbocycles. The van der Waals surface area contributed by atoms with Gasteiger partial charge in [-0.2, -0.15) is 0 Å². The van der Waals surface area contributed by atoms with Gasteiger partial charge in [0.25, 0.3) is 0 Å². The minimum Gasteiger partial charge on any atom is -0.495 e. The Morgan fingerprint density at radius 1 is 1.29 bits per heavy atom. The average molecular weight is 484 g/mol. The number of carbonyl (C=O) groups is 1. The van der Waals surface area contributed by atoms with Crippen LogP contribution >= 0.6 is 11.6 Å². The highest BCUT2D eigenvalue weighted by Gasteiger charge is 2.23. The predicted molar refractivity (Wildman–Crippen MR) is 134 cm³/mol. The van der Waals surface area contributed by atoms with Gasteiger partial charge in [0.2, 0.25) is 5.91 Å². The SMILES string of the molecule is C=CC(=O)N1CCC(Nc2cc3c(Nc4ccc(Cl)c(CC)c4F)ncnc3cc2OC)CC1. The lowest BCUT2D eigenvalue weighted by molar-refractivity contribution is -0.126. The highest BCUT2D eigenvalue weighted by molar-refractivity contribution is 6.31.